The van der Waals surface area contributed by atoms with Crippen LogP contribution in [0.1, 0.15) is 31.4 Å². The second kappa shape index (κ2) is 6.97. The number of carbonyl (C=O) groups is 1. The van der Waals surface area contributed by atoms with Crippen molar-refractivity contribution in [3.8, 4) is 11.8 Å². The Morgan fingerprint density at radius 2 is 2.05 bits per heavy atom. The number of nitrogens with zero attached hydrogens (tertiary/aromatic N) is 1. The van der Waals surface area contributed by atoms with E-state index in [1.54, 1.807) is 19.9 Å². The minimum atomic E-state index is -4.69. The third kappa shape index (κ3) is 4.38. The van der Waals surface area contributed by atoms with E-state index in [1.165, 1.54) is 6.07 Å². The van der Waals surface area contributed by atoms with Crippen LogP contribution in [0.5, 0.6) is 5.75 Å². The van der Waals surface area contributed by atoms with Crippen LogP contribution >= 0.6 is 0 Å². The van der Waals surface area contributed by atoms with Gasteiger partial charge < -0.3 is 9.47 Å². The van der Waals surface area contributed by atoms with Gasteiger partial charge in [0, 0.05) is 0 Å². The summed E-state index contributed by atoms with van der Waals surface area (Å²) < 4.78 is 48.8. The van der Waals surface area contributed by atoms with E-state index in [4.69, 9.17) is 14.7 Å². The first-order chi connectivity index (χ1) is 9.83. The Morgan fingerprint density at radius 1 is 1.38 bits per heavy atom. The summed E-state index contributed by atoms with van der Waals surface area (Å²) in [5.41, 5.74) is -1.23. The molecule has 4 nitrogen and oxygen atoms in total. The monoisotopic (exact) mass is 301 g/mol. The zero-order valence-electron chi connectivity index (χ0n) is 11.5. The number of nitriles is 1. The summed E-state index contributed by atoms with van der Waals surface area (Å²) in [5, 5.41) is 8.67. The first-order valence-electron chi connectivity index (χ1n) is 6.28. The molecule has 0 aliphatic carbocycles. The molecule has 21 heavy (non-hydrogen) atoms. The molecule has 1 aromatic carbocycles. The second-order valence-corrected chi connectivity index (χ2v) is 4.09. The molecule has 1 rings (SSSR count). The minimum Gasteiger partial charge on any atom is -0.478 e. The Balaban J connectivity index is 3.12. The topological polar surface area (TPSA) is 59.3 Å². The first kappa shape index (κ1) is 16.8. The molecule has 0 bridgehead atoms. The molecule has 1 unspecified atom stereocenters. The number of hydrogen-bond acceptors (Lipinski definition) is 4. The Morgan fingerprint density at radius 3 is 2.52 bits per heavy atom. The van der Waals surface area contributed by atoms with Gasteiger partial charge in [-0.25, -0.2) is 4.79 Å². The fraction of sp³-hybridized carbons (Fsp3) is 0.429. The molecule has 0 saturated heterocycles. The Hall–Kier alpha value is -2.23. The van der Waals surface area contributed by atoms with Crippen LogP contribution in [0.2, 0.25) is 0 Å². The van der Waals surface area contributed by atoms with E-state index in [1.807, 2.05) is 0 Å². The van der Waals surface area contributed by atoms with E-state index in [-0.39, 0.29) is 18.6 Å². The van der Waals surface area contributed by atoms with Gasteiger partial charge in [-0.3, -0.25) is 0 Å². The SMILES string of the molecule is CCOC(=O)C(CC)Oc1ccc(C#N)cc1C(F)(F)F. The summed E-state index contributed by atoms with van der Waals surface area (Å²) >= 11 is 0. The van der Waals surface area contributed by atoms with Crippen LogP contribution in [0.15, 0.2) is 18.2 Å². The summed E-state index contributed by atoms with van der Waals surface area (Å²) in [6.45, 7) is 3.30. The molecule has 1 atom stereocenters. The van der Waals surface area contributed by atoms with Gasteiger partial charge in [-0.15, -0.1) is 0 Å². The third-order valence-corrected chi connectivity index (χ3v) is 2.60. The van der Waals surface area contributed by atoms with Crippen molar-refractivity contribution in [3.05, 3.63) is 29.3 Å². The minimum absolute atomic E-state index is 0.109. The molecule has 0 heterocycles. The highest BCUT2D eigenvalue weighted by molar-refractivity contribution is 5.75. The standard InChI is InChI=1S/C14H14F3NO3/c1-3-11(13(19)20-4-2)21-12-6-5-9(8-18)7-10(12)14(15,16)17/h5-7,11H,3-4H2,1-2H3. The van der Waals surface area contributed by atoms with E-state index in [0.717, 1.165) is 6.07 Å². The lowest BCUT2D eigenvalue weighted by Gasteiger charge is -2.19. The fourth-order valence-corrected chi connectivity index (χ4v) is 1.61. The van der Waals surface area contributed by atoms with Gasteiger partial charge in [-0.1, -0.05) is 6.92 Å². The van der Waals surface area contributed by atoms with Crippen molar-refractivity contribution in [2.24, 2.45) is 0 Å². The van der Waals surface area contributed by atoms with Crippen molar-refractivity contribution in [2.75, 3.05) is 6.61 Å². The fourth-order valence-electron chi connectivity index (χ4n) is 1.61. The van der Waals surface area contributed by atoms with Crippen LogP contribution in [0.4, 0.5) is 13.2 Å². The molecule has 0 aliphatic heterocycles. The lowest BCUT2D eigenvalue weighted by Crippen LogP contribution is -2.29. The maximum Gasteiger partial charge on any atom is 0.420 e. The number of ether oxygens (including phenoxy) is 2. The van der Waals surface area contributed by atoms with Crippen LogP contribution < -0.4 is 4.74 Å². The number of hydrogen-bond donors (Lipinski definition) is 0. The first-order valence-corrected chi connectivity index (χ1v) is 6.28. The molecule has 0 aromatic heterocycles. The summed E-state index contributed by atoms with van der Waals surface area (Å²) in [6, 6.07) is 4.55. The van der Waals surface area contributed by atoms with E-state index >= 15 is 0 Å². The van der Waals surface area contributed by atoms with Crippen molar-refractivity contribution in [2.45, 2.75) is 32.5 Å². The lowest BCUT2D eigenvalue weighted by molar-refractivity contribution is -0.153. The van der Waals surface area contributed by atoms with Crippen LogP contribution in [0, 0.1) is 11.3 Å². The van der Waals surface area contributed by atoms with Gasteiger partial charge in [0.15, 0.2) is 6.10 Å². The second-order valence-electron chi connectivity index (χ2n) is 4.09. The Bertz CT molecular complexity index is 549. The molecule has 0 fully saturated rings. The molecule has 7 heteroatoms. The highest BCUT2D eigenvalue weighted by Crippen LogP contribution is 2.37. The van der Waals surface area contributed by atoms with Crippen LogP contribution in [-0.2, 0) is 15.7 Å². The van der Waals surface area contributed by atoms with Gasteiger partial charge in [0.1, 0.15) is 5.75 Å². The van der Waals surface area contributed by atoms with Crippen molar-refractivity contribution >= 4 is 5.97 Å². The number of esters is 1. The maximum absolute atomic E-state index is 13.0. The van der Waals surface area contributed by atoms with Crippen LogP contribution in [0.25, 0.3) is 0 Å². The van der Waals surface area contributed by atoms with Gasteiger partial charge in [-0.05, 0) is 31.5 Å². The van der Waals surface area contributed by atoms with Gasteiger partial charge in [0.25, 0.3) is 0 Å². The van der Waals surface area contributed by atoms with Gasteiger partial charge in [0.05, 0.1) is 23.8 Å². The van der Waals surface area contributed by atoms with Gasteiger partial charge in [0.2, 0.25) is 0 Å². The summed E-state index contributed by atoms with van der Waals surface area (Å²) in [7, 11) is 0. The lowest BCUT2D eigenvalue weighted by atomic mass is 10.1. The number of alkyl halides is 3. The average molecular weight is 301 g/mol. The van der Waals surface area contributed by atoms with E-state index in [2.05, 4.69) is 0 Å². The van der Waals surface area contributed by atoms with Gasteiger partial charge >= 0.3 is 12.1 Å². The Kier molecular flexibility index (Phi) is 5.59. The summed E-state index contributed by atoms with van der Waals surface area (Å²) in [4.78, 5) is 11.6. The molecular weight excluding hydrogens is 287 g/mol. The zero-order valence-corrected chi connectivity index (χ0v) is 11.5. The van der Waals surface area contributed by atoms with Crippen LogP contribution in [0.3, 0.4) is 0 Å². The molecule has 0 amide bonds. The molecular formula is C14H14F3NO3. The predicted octanol–water partition coefficient (Wildman–Crippen LogP) is 3.30. The summed E-state index contributed by atoms with van der Waals surface area (Å²) in [6.07, 6.45) is -5.65. The van der Waals surface area contributed by atoms with E-state index in [0.29, 0.717) is 6.07 Å². The largest absolute Gasteiger partial charge is 0.478 e. The predicted molar refractivity (Wildman–Crippen MR) is 67.5 cm³/mol. The van der Waals surface area contributed by atoms with Crippen LogP contribution in [-0.4, -0.2) is 18.7 Å². The molecule has 1 aromatic rings. The number of benzene rings is 1. The highest BCUT2D eigenvalue weighted by Gasteiger charge is 2.36. The number of carbonyl (C=O) groups excluding carboxylic acids is 1. The van der Waals surface area contributed by atoms with Crippen molar-refractivity contribution in [3.63, 3.8) is 0 Å². The van der Waals surface area contributed by atoms with Crippen molar-refractivity contribution < 1.29 is 27.4 Å². The molecule has 0 saturated carbocycles. The van der Waals surface area contributed by atoms with Crippen molar-refractivity contribution in [1.82, 2.24) is 0 Å². The number of halogens is 3. The Labute approximate surface area is 120 Å². The third-order valence-electron chi connectivity index (χ3n) is 2.60. The molecule has 0 aliphatic rings. The van der Waals surface area contributed by atoms with Gasteiger partial charge in [-0.2, -0.15) is 18.4 Å². The smallest absolute Gasteiger partial charge is 0.420 e. The van der Waals surface area contributed by atoms with E-state index in [9.17, 15) is 18.0 Å². The van der Waals surface area contributed by atoms with E-state index < -0.39 is 29.6 Å². The highest BCUT2D eigenvalue weighted by atomic mass is 19.4. The maximum atomic E-state index is 13.0. The quantitative estimate of drug-likeness (QED) is 0.783. The summed E-state index contributed by atoms with van der Waals surface area (Å²) in [5.74, 6) is -1.22. The number of rotatable bonds is 5. The van der Waals surface area contributed by atoms with Crippen molar-refractivity contribution in [1.29, 1.82) is 5.26 Å². The zero-order chi connectivity index (χ0) is 16.0. The molecule has 114 valence electrons. The molecule has 0 spiro atoms. The molecule has 0 radical (unpaired) electrons. The normalized spacial score (nSPS) is 12.4. The average Bonchev–Trinajstić information content (AvgIpc) is 2.43. The molecule has 0 N–H and O–H groups in total.